The standard InChI is InChI=1S/C11H13NO/c1-2-4-8(5-3-1)11-10-6-9(13-11)7-12-10/h1-5,9-12H,6-7H2/t9-,10-,11+/m1/s1. The van der Waals surface area contributed by atoms with Crippen LogP contribution in [0.4, 0.5) is 0 Å². The van der Waals surface area contributed by atoms with E-state index < -0.39 is 0 Å². The molecule has 2 saturated heterocycles. The lowest BCUT2D eigenvalue weighted by Crippen LogP contribution is -2.33. The van der Waals surface area contributed by atoms with Gasteiger partial charge in [-0.1, -0.05) is 30.3 Å². The van der Waals surface area contributed by atoms with Crippen molar-refractivity contribution in [1.82, 2.24) is 5.32 Å². The van der Waals surface area contributed by atoms with Gasteiger partial charge in [0.05, 0.1) is 12.2 Å². The Bertz CT molecular complexity index is 298. The van der Waals surface area contributed by atoms with Gasteiger partial charge in [-0.2, -0.15) is 0 Å². The van der Waals surface area contributed by atoms with E-state index in [1.807, 2.05) is 6.07 Å². The van der Waals surface area contributed by atoms with Gasteiger partial charge in [0.2, 0.25) is 0 Å². The molecule has 1 N–H and O–H groups in total. The van der Waals surface area contributed by atoms with Crippen LogP contribution in [0.1, 0.15) is 18.1 Å². The maximum absolute atomic E-state index is 5.88. The molecule has 2 heterocycles. The molecule has 0 amide bonds. The van der Waals surface area contributed by atoms with Gasteiger partial charge < -0.3 is 10.1 Å². The summed E-state index contributed by atoms with van der Waals surface area (Å²) >= 11 is 0. The van der Waals surface area contributed by atoms with Gasteiger partial charge in [-0.05, 0) is 12.0 Å². The molecule has 1 aromatic rings. The number of fused-ring (bicyclic) bond motifs is 2. The Morgan fingerprint density at radius 1 is 1.23 bits per heavy atom. The van der Waals surface area contributed by atoms with Crippen molar-refractivity contribution in [2.75, 3.05) is 6.54 Å². The van der Waals surface area contributed by atoms with E-state index in [2.05, 4.69) is 29.6 Å². The summed E-state index contributed by atoms with van der Waals surface area (Å²) in [7, 11) is 0. The van der Waals surface area contributed by atoms with Crippen molar-refractivity contribution in [3.05, 3.63) is 35.9 Å². The van der Waals surface area contributed by atoms with Gasteiger partial charge in [-0.15, -0.1) is 0 Å². The van der Waals surface area contributed by atoms with Gasteiger partial charge in [0.1, 0.15) is 0 Å². The molecule has 0 aliphatic carbocycles. The minimum absolute atomic E-state index is 0.292. The summed E-state index contributed by atoms with van der Waals surface area (Å²) in [6, 6.07) is 11.0. The third-order valence-corrected chi connectivity index (χ3v) is 2.96. The van der Waals surface area contributed by atoms with Crippen molar-refractivity contribution in [1.29, 1.82) is 0 Å². The molecule has 68 valence electrons. The van der Waals surface area contributed by atoms with Crippen LogP contribution in [0, 0.1) is 0 Å². The molecule has 0 saturated carbocycles. The number of hydrogen-bond donors (Lipinski definition) is 1. The number of morpholine rings is 1. The normalized spacial score (nSPS) is 36.8. The monoisotopic (exact) mass is 175 g/mol. The lowest BCUT2D eigenvalue weighted by molar-refractivity contribution is 0.0160. The van der Waals surface area contributed by atoms with E-state index in [4.69, 9.17) is 4.74 Å². The van der Waals surface area contributed by atoms with E-state index in [0.29, 0.717) is 18.2 Å². The van der Waals surface area contributed by atoms with Crippen LogP contribution >= 0.6 is 0 Å². The molecule has 0 aromatic heterocycles. The van der Waals surface area contributed by atoms with E-state index >= 15 is 0 Å². The summed E-state index contributed by atoms with van der Waals surface area (Å²) in [5, 5.41) is 3.48. The van der Waals surface area contributed by atoms with Crippen LogP contribution in [0.15, 0.2) is 30.3 Å². The second-order valence-corrected chi connectivity index (χ2v) is 3.84. The molecule has 0 unspecified atom stereocenters. The van der Waals surface area contributed by atoms with Crippen LogP contribution in [-0.4, -0.2) is 18.7 Å². The van der Waals surface area contributed by atoms with Crippen LogP contribution in [0.3, 0.4) is 0 Å². The minimum atomic E-state index is 0.292. The molecule has 2 fully saturated rings. The van der Waals surface area contributed by atoms with Crippen molar-refractivity contribution < 1.29 is 4.74 Å². The first-order chi connectivity index (χ1) is 6.43. The summed E-state index contributed by atoms with van der Waals surface area (Å²) in [6.07, 6.45) is 1.93. The highest BCUT2D eigenvalue weighted by molar-refractivity contribution is 5.21. The lowest BCUT2D eigenvalue weighted by atomic mass is 10.0. The Hall–Kier alpha value is -0.860. The first-order valence-electron chi connectivity index (χ1n) is 4.87. The molecule has 2 nitrogen and oxygen atoms in total. The van der Waals surface area contributed by atoms with E-state index in [1.165, 1.54) is 12.0 Å². The Kier molecular flexibility index (Phi) is 1.64. The maximum Gasteiger partial charge on any atom is 0.0983 e. The predicted octanol–water partition coefficient (Wildman–Crippen LogP) is 1.49. The molecule has 13 heavy (non-hydrogen) atoms. The fraction of sp³-hybridized carbons (Fsp3) is 0.455. The first-order valence-corrected chi connectivity index (χ1v) is 4.87. The largest absolute Gasteiger partial charge is 0.367 e. The fourth-order valence-corrected chi connectivity index (χ4v) is 2.32. The van der Waals surface area contributed by atoms with Crippen LogP contribution < -0.4 is 5.32 Å². The van der Waals surface area contributed by atoms with Crippen molar-refractivity contribution in [3.8, 4) is 0 Å². The number of benzene rings is 1. The average molecular weight is 175 g/mol. The molecule has 2 bridgehead atoms. The number of nitrogens with one attached hydrogen (secondary N) is 1. The minimum Gasteiger partial charge on any atom is -0.367 e. The zero-order valence-electron chi connectivity index (χ0n) is 7.44. The van der Waals surface area contributed by atoms with Crippen molar-refractivity contribution in [2.45, 2.75) is 24.7 Å². The average Bonchev–Trinajstić information content (AvgIpc) is 2.80. The van der Waals surface area contributed by atoms with E-state index in [0.717, 1.165) is 6.54 Å². The molecule has 0 radical (unpaired) electrons. The van der Waals surface area contributed by atoms with Crippen molar-refractivity contribution in [2.24, 2.45) is 0 Å². The summed E-state index contributed by atoms with van der Waals surface area (Å²) in [5.41, 5.74) is 1.31. The highest BCUT2D eigenvalue weighted by atomic mass is 16.5. The van der Waals surface area contributed by atoms with Gasteiger partial charge in [0.25, 0.3) is 0 Å². The third kappa shape index (κ3) is 1.18. The zero-order valence-corrected chi connectivity index (χ0v) is 7.44. The molecule has 3 rings (SSSR count). The molecular formula is C11H13NO. The van der Waals surface area contributed by atoms with Gasteiger partial charge in [0.15, 0.2) is 0 Å². The van der Waals surface area contributed by atoms with Gasteiger partial charge >= 0.3 is 0 Å². The molecule has 2 aliphatic rings. The van der Waals surface area contributed by atoms with E-state index in [-0.39, 0.29) is 0 Å². The Morgan fingerprint density at radius 3 is 2.69 bits per heavy atom. The number of rotatable bonds is 1. The predicted molar refractivity (Wildman–Crippen MR) is 50.5 cm³/mol. The molecular weight excluding hydrogens is 162 g/mol. The molecule has 3 atom stereocenters. The summed E-state index contributed by atoms with van der Waals surface area (Å²) in [5.74, 6) is 0. The topological polar surface area (TPSA) is 21.3 Å². The molecule has 0 spiro atoms. The smallest absolute Gasteiger partial charge is 0.0983 e. The quantitative estimate of drug-likeness (QED) is 0.698. The van der Waals surface area contributed by atoms with Crippen molar-refractivity contribution in [3.63, 3.8) is 0 Å². The Labute approximate surface area is 77.9 Å². The highest BCUT2D eigenvalue weighted by Crippen LogP contribution is 2.36. The first kappa shape index (κ1) is 7.54. The fourth-order valence-electron chi connectivity index (χ4n) is 2.32. The maximum atomic E-state index is 5.88. The van der Waals surface area contributed by atoms with Crippen LogP contribution in [0.5, 0.6) is 0 Å². The summed E-state index contributed by atoms with van der Waals surface area (Å²) in [6.45, 7) is 1.04. The Morgan fingerprint density at radius 2 is 2.08 bits per heavy atom. The van der Waals surface area contributed by atoms with Crippen LogP contribution in [0.25, 0.3) is 0 Å². The van der Waals surface area contributed by atoms with Gasteiger partial charge in [0, 0.05) is 12.6 Å². The number of hydrogen-bond acceptors (Lipinski definition) is 2. The van der Waals surface area contributed by atoms with Crippen molar-refractivity contribution >= 4 is 0 Å². The summed E-state index contributed by atoms with van der Waals surface area (Å²) < 4.78 is 5.88. The van der Waals surface area contributed by atoms with Crippen LogP contribution in [-0.2, 0) is 4.74 Å². The molecule has 1 aromatic carbocycles. The van der Waals surface area contributed by atoms with Gasteiger partial charge in [-0.25, -0.2) is 0 Å². The number of ether oxygens (including phenoxy) is 1. The second-order valence-electron chi connectivity index (χ2n) is 3.84. The van der Waals surface area contributed by atoms with Crippen LogP contribution in [0.2, 0.25) is 0 Å². The molecule has 2 heteroatoms. The third-order valence-electron chi connectivity index (χ3n) is 2.96. The SMILES string of the molecule is c1ccc([C@@H]2O[C@H]3CN[C@@H]2C3)cc1. The molecule has 2 aliphatic heterocycles. The highest BCUT2D eigenvalue weighted by Gasteiger charge is 2.40. The van der Waals surface area contributed by atoms with E-state index in [9.17, 15) is 0 Å². The zero-order chi connectivity index (χ0) is 8.67. The lowest BCUT2D eigenvalue weighted by Gasteiger charge is -2.23. The summed E-state index contributed by atoms with van der Waals surface area (Å²) in [4.78, 5) is 0. The van der Waals surface area contributed by atoms with E-state index in [1.54, 1.807) is 0 Å². The Balaban J connectivity index is 1.87. The van der Waals surface area contributed by atoms with Gasteiger partial charge in [-0.3, -0.25) is 0 Å². The second kappa shape index (κ2) is 2.82.